The van der Waals surface area contributed by atoms with Gasteiger partial charge in [-0.25, -0.2) is 0 Å². The second-order valence-electron chi connectivity index (χ2n) is 7.91. The molecule has 4 rings (SSSR count). The zero-order valence-corrected chi connectivity index (χ0v) is 23.8. The minimum Gasteiger partial charge on any atom is -0.506 e. The number of esters is 1. The largest absolute Gasteiger partial charge is 0.506 e. The Hall–Kier alpha value is -4.44. The van der Waals surface area contributed by atoms with Crippen LogP contribution in [0.2, 0.25) is 0 Å². The second-order valence-corrected chi connectivity index (χ2v) is 7.91. The first-order valence-electron chi connectivity index (χ1n) is 13.1. The monoisotopic (exact) mass is 531 g/mol. The number of hydrogen-bond acceptors (Lipinski definition) is 7. The van der Waals surface area contributed by atoms with Crippen molar-refractivity contribution in [2.45, 2.75) is 54.6 Å². The van der Waals surface area contributed by atoms with Crippen LogP contribution < -0.4 is 9.47 Å². The molecule has 0 aliphatic rings. The van der Waals surface area contributed by atoms with E-state index in [9.17, 15) is 15.2 Å². The molecule has 7 heteroatoms. The lowest BCUT2D eigenvalue weighted by molar-refractivity contribution is -0.142. The predicted molar refractivity (Wildman–Crippen MR) is 153 cm³/mol. The number of carbonyl (C=O) groups excluding carboxylic acids is 1. The molecule has 206 valence electrons. The van der Waals surface area contributed by atoms with E-state index in [1.807, 2.05) is 58.9 Å². The maximum absolute atomic E-state index is 12.1. The number of ether oxygens (including phenoxy) is 3. The van der Waals surface area contributed by atoms with E-state index in [0.29, 0.717) is 40.6 Å². The Morgan fingerprint density at radius 2 is 1.79 bits per heavy atom. The number of aromatic hydroxyl groups is 1. The van der Waals surface area contributed by atoms with E-state index in [1.165, 1.54) is 0 Å². The lowest BCUT2D eigenvalue weighted by atomic mass is 9.99. The SMILES string of the molecule is CC.CC.CCOC(=O)Cc1ccc(OC)cc1OCc1c(C)oc2ccc(-c3cccc(C#N)c3O)cc12. The molecule has 0 fully saturated rings. The average molecular weight is 532 g/mol. The van der Waals surface area contributed by atoms with Gasteiger partial charge in [0.05, 0.1) is 25.7 Å². The smallest absolute Gasteiger partial charge is 0.310 e. The summed E-state index contributed by atoms with van der Waals surface area (Å²) in [6.07, 6.45) is 0.0803. The minimum atomic E-state index is -0.337. The highest BCUT2D eigenvalue weighted by Gasteiger charge is 2.17. The van der Waals surface area contributed by atoms with Crippen molar-refractivity contribution in [1.29, 1.82) is 5.26 Å². The molecule has 39 heavy (non-hydrogen) atoms. The van der Waals surface area contributed by atoms with Gasteiger partial charge >= 0.3 is 5.97 Å². The van der Waals surface area contributed by atoms with Crippen LogP contribution in [0.3, 0.4) is 0 Å². The van der Waals surface area contributed by atoms with Crippen molar-refractivity contribution in [3.05, 3.63) is 77.0 Å². The van der Waals surface area contributed by atoms with Crippen LogP contribution in [0.15, 0.2) is 59.0 Å². The number of nitrogens with zero attached hydrogens (tertiary/aromatic N) is 1. The molecule has 0 radical (unpaired) electrons. The van der Waals surface area contributed by atoms with Gasteiger partial charge in [-0.05, 0) is 43.7 Å². The highest BCUT2D eigenvalue weighted by atomic mass is 16.5. The summed E-state index contributed by atoms with van der Waals surface area (Å²) < 4.78 is 22.5. The highest BCUT2D eigenvalue weighted by Crippen LogP contribution is 2.36. The Morgan fingerprint density at radius 3 is 2.46 bits per heavy atom. The maximum atomic E-state index is 12.1. The van der Waals surface area contributed by atoms with Gasteiger partial charge in [-0.1, -0.05) is 52.0 Å². The van der Waals surface area contributed by atoms with Crippen molar-refractivity contribution in [1.82, 2.24) is 0 Å². The summed E-state index contributed by atoms with van der Waals surface area (Å²) in [6.45, 7) is 12.1. The number of phenolic OH excluding ortho intramolecular Hbond substituents is 1. The van der Waals surface area contributed by atoms with Crippen LogP contribution in [0.25, 0.3) is 22.1 Å². The van der Waals surface area contributed by atoms with Crippen LogP contribution in [0.1, 0.15) is 57.1 Å². The van der Waals surface area contributed by atoms with Crippen LogP contribution in [0, 0.1) is 18.3 Å². The molecule has 0 aliphatic carbocycles. The molecule has 7 nitrogen and oxygen atoms in total. The second kappa shape index (κ2) is 15.1. The number of carbonyl (C=O) groups is 1. The van der Waals surface area contributed by atoms with Crippen molar-refractivity contribution >= 4 is 16.9 Å². The van der Waals surface area contributed by atoms with E-state index in [0.717, 1.165) is 16.5 Å². The summed E-state index contributed by atoms with van der Waals surface area (Å²) in [6, 6.07) is 17.9. The molecular weight excluding hydrogens is 494 g/mol. The van der Waals surface area contributed by atoms with Gasteiger partial charge in [-0.15, -0.1) is 0 Å². The maximum Gasteiger partial charge on any atom is 0.310 e. The predicted octanol–water partition coefficient (Wildman–Crippen LogP) is 7.73. The molecule has 0 saturated heterocycles. The third-order valence-corrected chi connectivity index (χ3v) is 5.75. The molecule has 1 N–H and O–H groups in total. The number of furan rings is 1. The number of hydrogen-bond donors (Lipinski definition) is 1. The van der Waals surface area contributed by atoms with E-state index in [1.54, 1.807) is 50.4 Å². The zero-order valence-electron chi connectivity index (χ0n) is 23.8. The molecule has 0 bridgehead atoms. The fourth-order valence-electron chi connectivity index (χ4n) is 3.94. The Labute approximate surface area is 230 Å². The number of fused-ring (bicyclic) bond motifs is 1. The Morgan fingerprint density at radius 1 is 1.05 bits per heavy atom. The molecule has 0 aliphatic heterocycles. The lowest BCUT2D eigenvalue weighted by Crippen LogP contribution is -2.09. The van der Waals surface area contributed by atoms with Gasteiger partial charge in [0.25, 0.3) is 0 Å². The lowest BCUT2D eigenvalue weighted by Gasteiger charge is -2.13. The summed E-state index contributed by atoms with van der Waals surface area (Å²) in [7, 11) is 1.57. The Bertz CT molecular complexity index is 1430. The molecule has 0 spiro atoms. The third-order valence-electron chi connectivity index (χ3n) is 5.75. The van der Waals surface area contributed by atoms with Crippen LogP contribution in [0.4, 0.5) is 0 Å². The number of benzene rings is 3. The van der Waals surface area contributed by atoms with Crippen LogP contribution >= 0.6 is 0 Å². The first-order valence-corrected chi connectivity index (χ1v) is 13.1. The molecule has 0 atom stereocenters. The fraction of sp³-hybridized carbons (Fsp3) is 0.312. The van der Waals surface area contributed by atoms with E-state index in [-0.39, 0.29) is 30.3 Å². The van der Waals surface area contributed by atoms with Gasteiger partial charge in [0, 0.05) is 28.1 Å². The van der Waals surface area contributed by atoms with Gasteiger partial charge in [0.2, 0.25) is 0 Å². The van der Waals surface area contributed by atoms with E-state index < -0.39 is 0 Å². The third kappa shape index (κ3) is 7.32. The molecule has 1 aromatic heterocycles. The van der Waals surface area contributed by atoms with Crippen molar-refractivity contribution < 1.29 is 28.5 Å². The van der Waals surface area contributed by atoms with Crippen molar-refractivity contribution in [3.63, 3.8) is 0 Å². The normalized spacial score (nSPS) is 9.90. The first kappa shape index (κ1) is 30.8. The molecular formula is C32H37NO6. The topological polar surface area (TPSA) is 102 Å². The van der Waals surface area contributed by atoms with E-state index >= 15 is 0 Å². The summed E-state index contributed by atoms with van der Waals surface area (Å²) in [5.74, 6) is 1.42. The van der Waals surface area contributed by atoms with Crippen molar-refractivity contribution in [3.8, 4) is 34.4 Å². The van der Waals surface area contributed by atoms with E-state index in [4.69, 9.17) is 18.6 Å². The number of aryl methyl sites for hydroxylation is 1. The summed E-state index contributed by atoms with van der Waals surface area (Å²) >= 11 is 0. The zero-order chi connectivity index (χ0) is 28.9. The molecule has 1 heterocycles. The number of nitriles is 1. The van der Waals surface area contributed by atoms with Gasteiger partial charge in [-0.2, -0.15) is 5.26 Å². The average Bonchev–Trinajstić information content (AvgIpc) is 3.28. The van der Waals surface area contributed by atoms with Gasteiger partial charge < -0.3 is 23.7 Å². The quantitative estimate of drug-likeness (QED) is 0.232. The van der Waals surface area contributed by atoms with E-state index in [2.05, 4.69) is 0 Å². The minimum absolute atomic E-state index is 0.0626. The van der Waals surface area contributed by atoms with Gasteiger partial charge in [0.1, 0.15) is 41.3 Å². The molecule has 3 aromatic carbocycles. The van der Waals surface area contributed by atoms with Crippen LogP contribution in [-0.2, 0) is 22.6 Å². The summed E-state index contributed by atoms with van der Waals surface area (Å²) in [5, 5.41) is 20.6. The standard InChI is InChI=1S/C28H25NO6.2C2H6/c1-4-33-27(30)13-19-8-10-21(32-3)14-26(19)34-16-24-17(2)35-25-11-9-18(12-23(24)25)22-7-5-6-20(15-29)28(22)31;2*1-2/h5-12,14,31H,4,13,16H2,1-3H3;2*1-2H3. The molecule has 0 saturated carbocycles. The summed E-state index contributed by atoms with van der Waals surface area (Å²) in [5.41, 5.74) is 3.72. The Balaban J connectivity index is 0.00000127. The molecule has 0 amide bonds. The molecule has 0 unspecified atom stereocenters. The number of para-hydroxylation sites is 1. The highest BCUT2D eigenvalue weighted by molar-refractivity contribution is 5.88. The number of rotatable bonds is 8. The summed E-state index contributed by atoms with van der Waals surface area (Å²) in [4.78, 5) is 12.1. The van der Waals surface area contributed by atoms with Gasteiger partial charge in [0.15, 0.2) is 0 Å². The Kier molecular flexibility index (Phi) is 11.9. The fourth-order valence-corrected chi connectivity index (χ4v) is 3.94. The number of methoxy groups -OCH3 is 1. The molecule has 4 aromatic rings. The van der Waals surface area contributed by atoms with Crippen molar-refractivity contribution in [2.75, 3.05) is 13.7 Å². The van der Waals surface area contributed by atoms with Crippen LogP contribution in [0.5, 0.6) is 17.2 Å². The van der Waals surface area contributed by atoms with Crippen LogP contribution in [-0.4, -0.2) is 24.8 Å². The van der Waals surface area contributed by atoms with Crippen molar-refractivity contribution in [2.24, 2.45) is 0 Å². The van der Waals surface area contributed by atoms with Gasteiger partial charge in [-0.3, -0.25) is 4.79 Å². The first-order chi connectivity index (χ1) is 18.9. The number of phenols is 1.